The minimum atomic E-state index is 0.821. The molecule has 0 fully saturated rings. The zero-order valence-corrected chi connectivity index (χ0v) is 8.84. The number of hydrogen-bond donors (Lipinski definition) is 1. The molecule has 0 aliphatic rings. The van der Waals surface area contributed by atoms with Crippen molar-refractivity contribution in [3.05, 3.63) is 0 Å². The molecule has 0 heterocycles. The van der Waals surface area contributed by atoms with E-state index in [1.807, 2.05) is 7.05 Å². The molecule has 0 aromatic rings. The van der Waals surface area contributed by atoms with E-state index in [2.05, 4.69) is 30.9 Å². The monoisotopic (exact) mass is 175 g/mol. The molecule has 0 spiro atoms. The molecule has 0 aliphatic heterocycles. The van der Waals surface area contributed by atoms with Gasteiger partial charge < -0.3 is 5.32 Å². The third-order valence-electron chi connectivity index (χ3n) is 1.60. The van der Waals surface area contributed by atoms with Crippen LogP contribution in [0, 0.1) is 5.92 Å². The summed E-state index contributed by atoms with van der Waals surface area (Å²) in [5.41, 5.74) is 0. The molecule has 0 aromatic carbocycles. The van der Waals surface area contributed by atoms with Gasteiger partial charge in [0.2, 0.25) is 0 Å². The Morgan fingerprint density at radius 1 is 1.45 bits per heavy atom. The van der Waals surface area contributed by atoms with Crippen LogP contribution in [-0.2, 0) is 0 Å². The summed E-state index contributed by atoms with van der Waals surface area (Å²) in [6, 6.07) is 0. The van der Waals surface area contributed by atoms with Crippen molar-refractivity contribution in [1.82, 2.24) is 5.32 Å². The molecular formula is C9H21NS. The lowest BCUT2D eigenvalue weighted by atomic mass is 10.2. The van der Waals surface area contributed by atoms with Crippen LogP contribution in [0.25, 0.3) is 0 Å². The second-order valence-corrected chi connectivity index (χ2v) is 4.24. The van der Waals surface area contributed by atoms with Gasteiger partial charge >= 0.3 is 0 Å². The van der Waals surface area contributed by atoms with E-state index in [1.165, 1.54) is 24.3 Å². The second-order valence-electron chi connectivity index (χ2n) is 3.09. The normalized spacial score (nSPS) is 13.4. The molecule has 0 aliphatic carbocycles. The van der Waals surface area contributed by atoms with E-state index in [4.69, 9.17) is 0 Å². The number of unbranched alkanes of at least 4 members (excludes halogenated alkanes) is 1. The first-order valence-electron chi connectivity index (χ1n) is 4.53. The summed E-state index contributed by atoms with van der Waals surface area (Å²) in [6.07, 6.45) is 2.70. The van der Waals surface area contributed by atoms with Crippen molar-refractivity contribution in [1.29, 1.82) is 0 Å². The molecule has 0 bridgehead atoms. The van der Waals surface area contributed by atoms with E-state index >= 15 is 0 Å². The van der Waals surface area contributed by atoms with Gasteiger partial charge in [0.1, 0.15) is 0 Å². The van der Waals surface area contributed by atoms with Crippen LogP contribution in [0.1, 0.15) is 26.7 Å². The van der Waals surface area contributed by atoms with Crippen molar-refractivity contribution in [3.63, 3.8) is 0 Å². The zero-order valence-electron chi connectivity index (χ0n) is 8.02. The standard InChI is InChI=1S/C9H21NS/c1-4-5-6-11-8-9(2)7-10-3/h9-10H,4-8H2,1-3H3. The number of nitrogens with one attached hydrogen (secondary N) is 1. The Kier molecular flexibility index (Phi) is 8.64. The number of hydrogen-bond acceptors (Lipinski definition) is 2. The van der Waals surface area contributed by atoms with Crippen molar-refractivity contribution in [2.45, 2.75) is 26.7 Å². The molecule has 68 valence electrons. The van der Waals surface area contributed by atoms with Gasteiger partial charge in [-0.25, -0.2) is 0 Å². The fourth-order valence-corrected chi connectivity index (χ4v) is 2.12. The lowest BCUT2D eigenvalue weighted by Crippen LogP contribution is -2.17. The van der Waals surface area contributed by atoms with Crippen molar-refractivity contribution < 1.29 is 0 Å². The molecule has 11 heavy (non-hydrogen) atoms. The van der Waals surface area contributed by atoms with Gasteiger partial charge in [-0.1, -0.05) is 20.3 Å². The fraction of sp³-hybridized carbons (Fsp3) is 1.00. The minimum Gasteiger partial charge on any atom is -0.319 e. The van der Waals surface area contributed by atoms with E-state index in [0.717, 1.165) is 12.5 Å². The van der Waals surface area contributed by atoms with E-state index < -0.39 is 0 Å². The first kappa shape index (κ1) is 11.3. The van der Waals surface area contributed by atoms with Crippen LogP contribution in [0.2, 0.25) is 0 Å². The van der Waals surface area contributed by atoms with E-state index in [1.54, 1.807) is 0 Å². The van der Waals surface area contributed by atoms with Gasteiger partial charge in [0.25, 0.3) is 0 Å². The number of thioether (sulfide) groups is 1. The maximum atomic E-state index is 3.20. The van der Waals surface area contributed by atoms with Gasteiger partial charge in [0.05, 0.1) is 0 Å². The first-order chi connectivity index (χ1) is 5.31. The predicted octanol–water partition coefficient (Wildman–Crippen LogP) is 2.38. The maximum Gasteiger partial charge on any atom is -0.00183 e. The van der Waals surface area contributed by atoms with Crippen molar-refractivity contribution in [2.24, 2.45) is 5.92 Å². The number of rotatable bonds is 7. The third-order valence-corrected chi connectivity index (χ3v) is 2.98. The topological polar surface area (TPSA) is 12.0 Å². The molecule has 1 atom stereocenters. The van der Waals surface area contributed by atoms with Crippen LogP contribution in [0.4, 0.5) is 0 Å². The van der Waals surface area contributed by atoms with Crippen LogP contribution in [-0.4, -0.2) is 25.1 Å². The van der Waals surface area contributed by atoms with Gasteiger partial charge in [-0.05, 0) is 37.4 Å². The highest BCUT2D eigenvalue weighted by molar-refractivity contribution is 7.99. The van der Waals surface area contributed by atoms with Crippen molar-refractivity contribution in [3.8, 4) is 0 Å². The van der Waals surface area contributed by atoms with Crippen LogP contribution >= 0.6 is 11.8 Å². The molecule has 1 unspecified atom stereocenters. The quantitative estimate of drug-likeness (QED) is 0.596. The highest BCUT2D eigenvalue weighted by atomic mass is 32.2. The lowest BCUT2D eigenvalue weighted by molar-refractivity contribution is 0.603. The Balaban J connectivity index is 2.97. The summed E-state index contributed by atoms with van der Waals surface area (Å²) < 4.78 is 0. The summed E-state index contributed by atoms with van der Waals surface area (Å²) in [6.45, 7) is 5.70. The van der Waals surface area contributed by atoms with Gasteiger partial charge in [-0.15, -0.1) is 0 Å². The summed E-state index contributed by atoms with van der Waals surface area (Å²) >= 11 is 2.09. The Hall–Kier alpha value is 0.310. The Bertz CT molecular complexity index is 76.0. The Labute approximate surface area is 75.3 Å². The zero-order chi connectivity index (χ0) is 8.53. The molecule has 2 heteroatoms. The molecule has 0 rings (SSSR count). The third kappa shape index (κ3) is 8.21. The van der Waals surface area contributed by atoms with Crippen molar-refractivity contribution >= 4 is 11.8 Å². The molecule has 0 aromatic heterocycles. The summed E-state index contributed by atoms with van der Waals surface area (Å²) in [4.78, 5) is 0. The van der Waals surface area contributed by atoms with Crippen LogP contribution in [0.3, 0.4) is 0 Å². The molecular weight excluding hydrogens is 154 g/mol. The fourth-order valence-electron chi connectivity index (χ4n) is 0.938. The van der Waals surface area contributed by atoms with Crippen LogP contribution in [0.15, 0.2) is 0 Å². The van der Waals surface area contributed by atoms with Crippen LogP contribution in [0.5, 0.6) is 0 Å². The summed E-state index contributed by atoms with van der Waals surface area (Å²) in [5, 5.41) is 3.20. The molecule has 1 N–H and O–H groups in total. The largest absolute Gasteiger partial charge is 0.319 e. The predicted molar refractivity (Wildman–Crippen MR) is 55.3 cm³/mol. The molecule has 0 saturated heterocycles. The second kappa shape index (κ2) is 8.41. The minimum absolute atomic E-state index is 0.821. The van der Waals surface area contributed by atoms with E-state index in [9.17, 15) is 0 Å². The molecule has 0 saturated carbocycles. The summed E-state index contributed by atoms with van der Waals surface area (Å²) in [5.74, 6) is 3.47. The first-order valence-corrected chi connectivity index (χ1v) is 5.69. The van der Waals surface area contributed by atoms with E-state index in [0.29, 0.717) is 0 Å². The average molecular weight is 175 g/mol. The maximum absolute atomic E-state index is 3.20. The Morgan fingerprint density at radius 3 is 2.73 bits per heavy atom. The summed E-state index contributed by atoms with van der Waals surface area (Å²) in [7, 11) is 2.02. The molecule has 0 amide bonds. The highest BCUT2D eigenvalue weighted by Gasteiger charge is 1.98. The SMILES string of the molecule is CCCCSCC(C)CNC. The van der Waals surface area contributed by atoms with E-state index in [-0.39, 0.29) is 0 Å². The average Bonchev–Trinajstić information content (AvgIpc) is 1.99. The lowest BCUT2D eigenvalue weighted by Gasteiger charge is -2.09. The highest BCUT2D eigenvalue weighted by Crippen LogP contribution is 2.09. The van der Waals surface area contributed by atoms with Crippen molar-refractivity contribution in [2.75, 3.05) is 25.1 Å². The van der Waals surface area contributed by atoms with Crippen LogP contribution < -0.4 is 5.32 Å². The smallest absolute Gasteiger partial charge is 0.00183 e. The molecule has 0 radical (unpaired) electrons. The van der Waals surface area contributed by atoms with Gasteiger partial charge in [-0.2, -0.15) is 11.8 Å². The van der Waals surface area contributed by atoms with Gasteiger partial charge in [-0.3, -0.25) is 0 Å². The molecule has 1 nitrogen and oxygen atoms in total. The van der Waals surface area contributed by atoms with Gasteiger partial charge in [0.15, 0.2) is 0 Å². The van der Waals surface area contributed by atoms with Gasteiger partial charge in [0, 0.05) is 0 Å². The Morgan fingerprint density at radius 2 is 2.18 bits per heavy atom.